The molecule has 0 radical (unpaired) electrons. The van der Waals surface area contributed by atoms with E-state index in [4.69, 9.17) is 0 Å². The number of aromatic nitrogens is 2. The summed E-state index contributed by atoms with van der Waals surface area (Å²) in [6, 6.07) is 6.29. The molecule has 0 aromatic carbocycles. The van der Waals surface area contributed by atoms with Crippen molar-refractivity contribution in [3.63, 3.8) is 0 Å². The lowest BCUT2D eigenvalue weighted by Gasteiger charge is -2.19. The van der Waals surface area contributed by atoms with Crippen LogP contribution in [-0.2, 0) is 13.1 Å². The van der Waals surface area contributed by atoms with Gasteiger partial charge in [0.25, 0.3) is 0 Å². The first-order valence-electron chi connectivity index (χ1n) is 5.83. The van der Waals surface area contributed by atoms with Crippen LogP contribution in [0.3, 0.4) is 0 Å². The van der Waals surface area contributed by atoms with Crippen molar-refractivity contribution in [1.82, 2.24) is 15.1 Å². The zero-order chi connectivity index (χ0) is 12.3. The minimum absolute atomic E-state index is 0.136. The maximum atomic E-state index is 4.55. The van der Waals surface area contributed by atoms with Gasteiger partial charge in [0, 0.05) is 23.2 Å². The molecule has 0 aliphatic carbocycles. The van der Waals surface area contributed by atoms with Gasteiger partial charge in [-0.15, -0.1) is 11.3 Å². The molecule has 0 aliphatic rings. The van der Waals surface area contributed by atoms with E-state index < -0.39 is 0 Å². The zero-order valence-electron chi connectivity index (χ0n) is 10.6. The average molecular weight is 249 g/mol. The van der Waals surface area contributed by atoms with Gasteiger partial charge in [0.1, 0.15) is 0 Å². The molecule has 92 valence electrons. The van der Waals surface area contributed by atoms with E-state index in [1.54, 1.807) is 11.3 Å². The van der Waals surface area contributed by atoms with Crippen molar-refractivity contribution in [2.24, 2.45) is 0 Å². The fourth-order valence-corrected chi connectivity index (χ4v) is 2.20. The molecule has 2 aromatic rings. The Bertz CT molecular complexity index is 451. The molecule has 0 saturated carbocycles. The van der Waals surface area contributed by atoms with Gasteiger partial charge < -0.3 is 5.32 Å². The molecule has 0 aliphatic heterocycles. The predicted octanol–water partition coefficient (Wildman–Crippen LogP) is 2.88. The second kappa shape index (κ2) is 5.02. The SMILES string of the molecule is CC(C)(C)NCc1ccn(Cc2cccs2)n1. The second-order valence-electron chi connectivity index (χ2n) is 5.19. The normalized spacial score (nSPS) is 11.9. The molecule has 0 spiro atoms. The third-order valence-electron chi connectivity index (χ3n) is 2.39. The molecule has 2 rings (SSSR count). The Morgan fingerprint density at radius 3 is 2.82 bits per heavy atom. The number of hydrogen-bond donors (Lipinski definition) is 1. The van der Waals surface area contributed by atoms with Gasteiger partial charge in [-0.25, -0.2) is 0 Å². The fourth-order valence-electron chi connectivity index (χ4n) is 1.50. The lowest BCUT2D eigenvalue weighted by Crippen LogP contribution is -2.35. The maximum Gasteiger partial charge on any atom is 0.0762 e. The van der Waals surface area contributed by atoms with Crippen molar-refractivity contribution in [3.05, 3.63) is 40.3 Å². The van der Waals surface area contributed by atoms with Crippen LogP contribution in [0.25, 0.3) is 0 Å². The van der Waals surface area contributed by atoms with Crippen LogP contribution in [0.2, 0.25) is 0 Å². The van der Waals surface area contributed by atoms with Gasteiger partial charge in [-0.05, 0) is 38.3 Å². The fraction of sp³-hybridized carbons (Fsp3) is 0.462. The number of nitrogens with zero attached hydrogens (tertiary/aromatic N) is 2. The Morgan fingerprint density at radius 2 is 2.18 bits per heavy atom. The summed E-state index contributed by atoms with van der Waals surface area (Å²) in [5, 5.41) is 10.1. The highest BCUT2D eigenvalue weighted by Crippen LogP contribution is 2.10. The highest BCUT2D eigenvalue weighted by atomic mass is 32.1. The predicted molar refractivity (Wildman–Crippen MR) is 72.2 cm³/mol. The molecule has 0 unspecified atom stereocenters. The minimum atomic E-state index is 0.136. The number of rotatable bonds is 4. The van der Waals surface area contributed by atoms with E-state index in [1.165, 1.54) is 4.88 Å². The molecule has 2 aromatic heterocycles. The Hall–Kier alpha value is -1.13. The maximum absolute atomic E-state index is 4.55. The minimum Gasteiger partial charge on any atom is -0.306 e. The summed E-state index contributed by atoms with van der Waals surface area (Å²) in [4.78, 5) is 1.34. The van der Waals surface area contributed by atoms with Gasteiger partial charge in [-0.2, -0.15) is 5.10 Å². The van der Waals surface area contributed by atoms with E-state index in [0.29, 0.717) is 0 Å². The monoisotopic (exact) mass is 249 g/mol. The van der Waals surface area contributed by atoms with Gasteiger partial charge in [0.2, 0.25) is 0 Å². The van der Waals surface area contributed by atoms with Crippen molar-refractivity contribution >= 4 is 11.3 Å². The molecule has 17 heavy (non-hydrogen) atoms. The van der Waals surface area contributed by atoms with E-state index in [1.807, 2.05) is 10.9 Å². The van der Waals surface area contributed by atoms with Crippen LogP contribution in [-0.4, -0.2) is 15.3 Å². The van der Waals surface area contributed by atoms with Crippen molar-refractivity contribution in [1.29, 1.82) is 0 Å². The Balaban J connectivity index is 1.92. The highest BCUT2D eigenvalue weighted by Gasteiger charge is 2.09. The van der Waals surface area contributed by atoms with E-state index in [9.17, 15) is 0 Å². The molecular weight excluding hydrogens is 230 g/mol. The van der Waals surface area contributed by atoms with Gasteiger partial charge >= 0.3 is 0 Å². The van der Waals surface area contributed by atoms with Crippen LogP contribution in [0.4, 0.5) is 0 Å². The molecule has 0 bridgehead atoms. The largest absolute Gasteiger partial charge is 0.306 e. The van der Waals surface area contributed by atoms with E-state index in [-0.39, 0.29) is 5.54 Å². The Kier molecular flexibility index (Phi) is 3.64. The molecule has 1 N–H and O–H groups in total. The van der Waals surface area contributed by atoms with Crippen LogP contribution in [0.15, 0.2) is 29.8 Å². The van der Waals surface area contributed by atoms with Crippen molar-refractivity contribution in [2.45, 2.75) is 39.4 Å². The quantitative estimate of drug-likeness (QED) is 0.903. The van der Waals surface area contributed by atoms with E-state index in [0.717, 1.165) is 18.8 Å². The van der Waals surface area contributed by atoms with Gasteiger partial charge in [-0.3, -0.25) is 4.68 Å². The lowest BCUT2D eigenvalue weighted by molar-refractivity contribution is 0.419. The molecular formula is C13H19N3S. The molecule has 0 atom stereocenters. The van der Waals surface area contributed by atoms with Crippen LogP contribution < -0.4 is 5.32 Å². The topological polar surface area (TPSA) is 29.9 Å². The van der Waals surface area contributed by atoms with Gasteiger partial charge in [0.15, 0.2) is 0 Å². The van der Waals surface area contributed by atoms with Crippen LogP contribution >= 0.6 is 11.3 Å². The Labute approximate surface area is 106 Å². The van der Waals surface area contributed by atoms with Crippen LogP contribution in [0.1, 0.15) is 31.3 Å². The van der Waals surface area contributed by atoms with Crippen LogP contribution in [0, 0.1) is 0 Å². The highest BCUT2D eigenvalue weighted by molar-refractivity contribution is 7.09. The van der Waals surface area contributed by atoms with Gasteiger partial charge in [-0.1, -0.05) is 6.07 Å². The number of nitrogens with one attached hydrogen (secondary N) is 1. The van der Waals surface area contributed by atoms with Crippen molar-refractivity contribution < 1.29 is 0 Å². The lowest BCUT2D eigenvalue weighted by atomic mass is 10.1. The third kappa shape index (κ3) is 3.98. The summed E-state index contributed by atoms with van der Waals surface area (Å²) >= 11 is 1.77. The first-order valence-corrected chi connectivity index (χ1v) is 6.71. The summed E-state index contributed by atoms with van der Waals surface area (Å²) < 4.78 is 1.99. The smallest absolute Gasteiger partial charge is 0.0762 e. The standard InChI is InChI=1S/C13H19N3S/c1-13(2,3)14-9-11-6-7-16(15-11)10-12-5-4-8-17-12/h4-8,14H,9-10H2,1-3H3. The van der Waals surface area contributed by atoms with E-state index >= 15 is 0 Å². The third-order valence-corrected chi connectivity index (χ3v) is 3.25. The first kappa shape index (κ1) is 12.3. The second-order valence-corrected chi connectivity index (χ2v) is 6.22. The summed E-state index contributed by atoms with van der Waals surface area (Å²) in [5.74, 6) is 0. The molecule has 2 heterocycles. The summed E-state index contributed by atoms with van der Waals surface area (Å²) in [6.45, 7) is 8.18. The average Bonchev–Trinajstić information content (AvgIpc) is 2.86. The molecule has 0 saturated heterocycles. The molecule has 0 amide bonds. The van der Waals surface area contributed by atoms with E-state index in [2.05, 4.69) is 54.8 Å². The Morgan fingerprint density at radius 1 is 1.35 bits per heavy atom. The van der Waals surface area contributed by atoms with Gasteiger partial charge in [0.05, 0.1) is 12.2 Å². The number of hydrogen-bond acceptors (Lipinski definition) is 3. The summed E-state index contributed by atoms with van der Waals surface area (Å²) in [5.41, 5.74) is 1.23. The zero-order valence-corrected chi connectivity index (χ0v) is 11.4. The number of thiophene rings is 1. The van der Waals surface area contributed by atoms with Crippen LogP contribution in [0.5, 0.6) is 0 Å². The summed E-state index contributed by atoms with van der Waals surface area (Å²) in [7, 11) is 0. The first-order chi connectivity index (χ1) is 8.03. The molecule has 4 heteroatoms. The molecule has 3 nitrogen and oxygen atoms in total. The molecule has 0 fully saturated rings. The summed E-state index contributed by atoms with van der Waals surface area (Å²) in [6.07, 6.45) is 2.04. The van der Waals surface area contributed by atoms with Crippen molar-refractivity contribution in [3.8, 4) is 0 Å². The van der Waals surface area contributed by atoms with Crippen molar-refractivity contribution in [2.75, 3.05) is 0 Å².